The maximum Gasteiger partial charge on any atom is -0.00265 e. The average molecular weight is 191 g/mol. The summed E-state index contributed by atoms with van der Waals surface area (Å²) in [6, 6.07) is 20.3. The highest BCUT2D eigenvalue weighted by molar-refractivity contribution is 6.07. The summed E-state index contributed by atoms with van der Waals surface area (Å²) in [7, 11) is 0. The van der Waals surface area contributed by atoms with Gasteiger partial charge in [-0.15, -0.1) is 0 Å². The van der Waals surface area contributed by atoms with Crippen LogP contribution in [0.1, 0.15) is 5.56 Å². The van der Waals surface area contributed by atoms with Crippen molar-refractivity contribution in [3.63, 3.8) is 0 Å². The molecule has 0 fully saturated rings. The Labute approximate surface area is 89.2 Å². The molecule has 3 aromatic carbocycles. The molecule has 0 amide bonds. The van der Waals surface area contributed by atoms with Crippen molar-refractivity contribution in [2.75, 3.05) is 0 Å². The Bertz CT molecular complexity index is 636. The van der Waals surface area contributed by atoms with Crippen LogP contribution in [0.15, 0.2) is 48.5 Å². The summed E-state index contributed by atoms with van der Waals surface area (Å²) in [6.45, 7) is 2.13. The van der Waals surface area contributed by atoms with Crippen LogP contribution in [0.2, 0.25) is 0 Å². The molecule has 0 heteroatoms. The molecule has 0 aromatic heterocycles. The van der Waals surface area contributed by atoms with Gasteiger partial charge in [-0.05, 0) is 34.5 Å². The molecule has 71 valence electrons. The van der Waals surface area contributed by atoms with E-state index in [0.717, 1.165) is 0 Å². The van der Waals surface area contributed by atoms with Crippen LogP contribution in [0.4, 0.5) is 0 Å². The lowest BCUT2D eigenvalue weighted by molar-refractivity contribution is 1.51. The van der Waals surface area contributed by atoms with Gasteiger partial charge in [-0.1, -0.05) is 54.1 Å². The Hall–Kier alpha value is -1.82. The van der Waals surface area contributed by atoms with E-state index in [4.69, 9.17) is 0 Å². The van der Waals surface area contributed by atoms with Gasteiger partial charge in [0.15, 0.2) is 0 Å². The van der Waals surface area contributed by atoms with Gasteiger partial charge >= 0.3 is 0 Å². The van der Waals surface area contributed by atoms with E-state index in [0.29, 0.717) is 0 Å². The Morgan fingerprint density at radius 3 is 2.67 bits per heavy atom. The monoisotopic (exact) mass is 191 g/mol. The normalized spacial score (nSPS) is 11.0. The molecule has 3 aromatic rings. The van der Waals surface area contributed by atoms with Crippen molar-refractivity contribution in [3.8, 4) is 0 Å². The van der Waals surface area contributed by atoms with E-state index in [1.807, 2.05) is 12.1 Å². The highest BCUT2D eigenvalue weighted by atomic mass is 14.0. The van der Waals surface area contributed by atoms with Gasteiger partial charge in [-0.25, -0.2) is 0 Å². The van der Waals surface area contributed by atoms with Crippen LogP contribution in [-0.2, 0) is 0 Å². The molecule has 0 unspecified atom stereocenters. The smallest absolute Gasteiger partial charge is 0.00265 e. The predicted molar refractivity (Wildman–Crippen MR) is 65.0 cm³/mol. The number of benzene rings is 3. The second kappa shape index (κ2) is 3.09. The summed E-state index contributed by atoms with van der Waals surface area (Å²) < 4.78 is 0. The van der Waals surface area contributed by atoms with Gasteiger partial charge in [-0.3, -0.25) is 0 Å². The van der Waals surface area contributed by atoms with Crippen LogP contribution in [0, 0.1) is 13.0 Å². The molecule has 0 aliphatic rings. The molecule has 1 radical (unpaired) electrons. The molecule has 0 atom stereocenters. The summed E-state index contributed by atoms with van der Waals surface area (Å²) >= 11 is 0. The van der Waals surface area contributed by atoms with Crippen molar-refractivity contribution in [2.45, 2.75) is 6.92 Å². The van der Waals surface area contributed by atoms with Crippen molar-refractivity contribution < 1.29 is 0 Å². The highest BCUT2D eigenvalue weighted by Crippen LogP contribution is 2.25. The summed E-state index contributed by atoms with van der Waals surface area (Å²) in [5.74, 6) is 0. The third-order valence-corrected chi connectivity index (χ3v) is 2.81. The van der Waals surface area contributed by atoms with Crippen molar-refractivity contribution in [3.05, 3.63) is 60.2 Å². The topological polar surface area (TPSA) is 0 Å². The van der Waals surface area contributed by atoms with Crippen LogP contribution in [0.5, 0.6) is 0 Å². The molecule has 0 bridgehead atoms. The molecule has 3 rings (SSSR count). The summed E-state index contributed by atoms with van der Waals surface area (Å²) in [6.07, 6.45) is 0. The van der Waals surface area contributed by atoms with Crippen molar-refractivity contribution in [2.24, 2.45) is 0 Å². The molecule has 0 aliphatic heterocycles. The summed E-state index contributed by atoms with van der Waals surface area (Å²) in [5.41, 5.74) is 1.30. The number of rotatable bonds is 0. The van der Waals surface area contributed by atoms with Crippen LogP contribution < -0.4 is 0 Å². The van der Waals surface area contributed by atoms with Gasteiger partial charge in [0.2, 0.25) is 0 Å². The Morgan fingerprint density at radius 1 is 0.933 bits per heavy atom. The third kappa shape index (κ3) is 1.30. The molecular formula is C15H11. The molecule has 0 spiro atoms. The van der Waals surface area contributed by atoms with Crippen molar-refractivity contribution in [1.29, 1.82) is 0 Å². The van der Waals surface area contributed by atoms with E-state index >= 15 is 0 Å². The minimum atomic E-state index is 1.22. The molecule has 0 nitrogen and oxygen atoms in total. The molecule has 0 saturated heterocycles. The van der Waals surface area contributed by atoms with Gasteiger partial charge in [0.25, 0.3) is 0 Å². The third-order valence-electron chi connectivity index (χ3n) is 2.81. The van der Waals surface area contributed by atoms with E-state index in [1.165, 1.54) is 27.1 Å². The maximum absolute atomic E-state index is 3.32. The lowest BCUT2D eigenvalue weighted by Gasteiger charge is -2.03. The van der Waals surface area contributed by atoms with Gasteiger partial charge < -0.3 is 0 Å². The molecule has 15 heavy (non-hydrogen) atoms. The van der Waals surface area contributed by atoms with Crippen LogP contribution in [0.3, 0.4) is 0 Å². The standard InChI is InChI=1S/C15H11/c1-11-6-7-13-9-8-12-4-2-3-5-14(12)15(13)10-11/h2-4,6-10H,1H3. The van der Waals surface area contributed by atoms with Gasteiger partial charge in [0, 0.05) is 0 Å². The Balaban J connectivity index is 2.57. The number of hydrogen-bond donors (Lipinski definition) is 0. The number of hydrogen-bond acceptors (Lipinski definition) is 0. The molecule has 0 N–H and O–H groups in total. The lowest BCUT2D eigenvalue weighted by atomic mass is 10.0. The van der Waals surface area contributed by atoms with E-state index < -0.39 is 0 Å². The predicted octanol–water partition coefficient (Wildman–Crippen LogP) is 4.10. The fourth-order valence-electron chi connectivity index (χ4n) is 2.03. The second-order valence-electron chi connectivity index (χ2n) is 3.92. The van der Waals surface area contributed by atoms with E-state index in [-0.39, 0.29) is 0 Å². The first-order chi connectivity index (χ1) is 7.34. The first-order valence-electron chi connectivity index (χ1n) is 5.14. The molecular weight excluding hydrogens is 180 g/mol. The van der Waals surface area contributed by atoms with E-state index in [1.54, 1.807) is 0 Å². The molecule has 0 aliphatic carbocycles. The van der Waals surface area contributed by atoms with E-state index in [2.05, 4.69) is 49.4 Å². The zero-order valence-corrected chi connectivity index (χ0v) is 8.62. The van der Waals surface area contributed by atoms with Crippen LogP contribution in [-0.4, -0.2) is 0 Å². The Morgan fingerprint density at radius 2 is 1.73 bits per heavy atom. The Kier molecular flexibility index (Phi) is 1.75. The minimum Gasteiger partial charge on any atom is -0.0610 e. The largest absolute Gasteiger partial charge is 0.0610 e. The zero-order valence-electron chi connectivity index (χ0n) is 8.62. The zero-order chi connectivity index (χ0) is 10.3. The summed E-state index contributed by atoms with van der Waals surface area (Å²) in [5, 5.41) is 5.07. The number of fused-ring (bicyclic) bond motifs is 3. The van der Waals surface area contributed by atoms with Crippen LogP contribution in [0.25, 0.3) is 21.5 Å². The summed E-state index contributed by atoms with van der Waals surface area (Å²) in [4.78, 5) is 0. The van der Waals surface area contributed by atoms with Crippen molar-refractivity contribution in [1.82, 2.24) is 0 Å². The fourth-order valence-corrected chi connectivity index (χ4v) is 2.03. The number of aryl methyl sites for hydroxylation is 1. The van der Waals surface area contributed by atoms with Crippen LogP contribution >= 0.6 is 0 Å². The maximum atomic E-state index is 3.32. The molecule has 0 saturated carbocycles. The van der Waals surface area contributed by atoms with Gasteiger partial charge in [0.1, 0.15) is 0 Å². The van der Waals surface area contributed by atoms with E-state index in [9.17, 15) is 0 Å². The molecule has 0 heterocycles. The first kappa shape index (κ1) is 8.49. The minimum absolute atomic E-state index is 1.22. The lowest BCUT2D eigenvalue weighted by Crippen LogP contribution is -1.79. The first-order valence-corrected chi connectivity index (χ1v) is 5.14. The SMILES string of the molecule is Cc1ccc2ccc3ccc[c]c3c2c1. The fraction of sp³-hybridized carbons (Fsp3) is 0.0667. The van der Waals surface area contributed by atoms with Crippen molar-refractivity contribution >= 4 is 21.5 Å². The highest BCUT2D eigenvalue weighted by Gasteiger charge is 1.99. The quantitative estimate of drug-likeness (QED) is 0.469. The average Bonchev–Trinajstić information content (AvgIpc) is 2.29. The van der Waals surface area contributed by atoms with Gasteiger partial charge in [0.05, 0.1) is 0 Å². The van der Waals surface area contributed by atoms with Gasteiger partial charge in [-0.2, -0.15) is 0 Å². The second-order valence-corrected chi connectivity index (χ2v) is 3.92.